The van der Waals surface area contributed by atoms with E-state index in [2.05, 4.69) is 11.6 Å². The second-order valence-electron chi connectivity index (χ2n) is 1.53. The predicted molar refractivity (Wildman–Crippen MR) is 33.6 cm³/mol. The number of rotatable bonds is 1. The molecule has 0 aromatic rings. The molecule has 0 aliphatic rings. The summed E-state index contributed by atoms with van der Waals surface area (Å²) in [5.74, 6) is 2.94. The maximum Gasteiger partial charge on any atom is 0.412 e. The molecular formula is C3H7ClF3N3O. The Labute approximate surface area is 66.5 Å². The van der Waals surface area contributed by atoms with Gasteiger partial charge in [0.2, 0.25) is 0 Å². The van der Waals surface area contributed by atoms with E-state index in [1.807, 2.05) is 0 Å². The summed E-state index contributed by atoms with van der Waals surface area (Å²) in [6.07, 6.45) is -4.73. The highest BCUT2D eigenvalue weighted by Gasteiger charge is 2.41. The molecule has 0 bridgehead atoms. The van der Waals surface area contributed by atoms with Gasteiger partial charge in [0.25, 0.3) is 5.91 Å². The number of hydrogen-bond donors (Lipinski definition) is 3. The number of carbonyl (C=O) groups is 1. The molecule has 0 spiro atoms. The Bertz CT molecular complexity index is 138. The summed E-state index contributed by atoms with van der Waals surface area (Å²) in [6.45, 7) is 0. The minimum atomic E-state index is -4.73. The number of nitrogens with two attached hydrogens (primary N) is 2. The molecule has 0 aliphatic heterocycles. The zero-order chi connectivity index (χ0) is 8.36. The first-order chi connectivity index (χ1) is 4.39. The second kappa shape index (κ2) is 4.37. The van der Waals surface area contributed by atoms with Crippen molar-refractivity contribution in [3.63, 3.8) is 0 Å². The molecule has 1 amide bonds. The van der Waals surface area contributed by atoms with Crippen LogP contribution in [0.5, 0.6) is 0 Å². The minimum Gasteiger partial charge on any atom is -0.312 e. The molecule has 1 unspecified atom stereocenters. The normalized spacial score (nSPS) is 13.2. The molecule has 5 N–H and O–H groups in total. The van der Waals surface area contributed by atoms with Crippen LogP contribution in [0.1, 0.15) is 0 Å². The number of halogens is 4. The van der Waals surface area contributed by atoms with Gasteiger partial charge in [0.1, 0.15) is 0 Å². The van der Waals surface area contributed by atoms with Crippen molar-refractivity contribution in [2.24, 2.45) is 11.6 Å². The zero-order valence-electron chi connectivity index (χ0n) is 5.18. The number of alkyl halides is 3. The Balaban J connectivity index is 0. The molecule has 1 atom stereocenters. The number of nitrogens with one attached hydrogen (secondary N) is 1. The smallest absolute Gasteiger partial charge is 0.312 e. The Morgan fingerprint density at radius 3 is 1.91 bits per heavy atom. The molecule has 0 fully saturated rings. The van der Waals surface area contributed by atoms with Crippen LogP contribution in [0.2, 0.25) is 0 Å². The summed E-state index contributed by atoms with van der Waals surface area (Å²) in [5.41, 5.74) is 5.68. The largest absolute Gasteiger partial charge is 0.412 e. The van der Waals surface area contributed by atoms with Crippen LogP contribution in [0.4, 0.5) is 13.2 Å². The van der Waals surface area contributed by atoms with Crippen molar-refractivity contribution in [2.75, 3.05) is 0 Å². The van der Waals surface area contributed by atoms with Gasteiger partial charge in [-0.15, -0.1) is 12.4 Å². The minimum absolute atomic E-state index is 0. The lowest BCUT2D eigenvalue weighted by Crippen LogP contribution is -2.52. The van der Waals surface area contributed by atoms with Gasteiger partial charge in [0.05, 0.1) is 0 Å². The van der Waals surface area contributed by atoms with Crippen LogP contribution in [0.25, 0.3) is 0 Å². The fourth-order valence-electron chi connectivity index (χ4n) is 0.238. The Hall–Kier alpha value is -0.530. The van der Waals surface area contributed by atoms with E-state index in [1.54, 1.807) is 0 Å². The highest BCUT2D eigenvalue weighted by Crippen LogP contribution is 2.17. The van der Waals surface area contributed by atoms with Crippen molar-refractivity contribution in [3.05, 3.63) is 0 Å². The summed E-state index contributed by atoms with van der Waals surface area (Å²) in [7, 11) is 0. The first-order valence-corrected chi connectivity index (χ1v) is 2.22. The Morgan fingerprint density at radius 2 is 1.82 bits per heavy atom. The van der Waals surface area contributed by atoms with Gasteiger partial charge in [0.15, 0.2) is 6.04 Å². The van der Waals surface area contributed by atoms with Crippen molar-refractivity contribution in [2.45, 2.75) is 12.2 Å². The first kappa shape index (κ1) is 13.1. The molecule has 68 valence electrons. The fourth-order valence-corrected chi connectivity index (χ4v) is 0.238. The van der Waals surface area contributed by atoms with E-state index in [9.17, 15) is 18.0 Å². The average Bonchev–Trinajstić information content (AvgIpc) is 1.83. The second-order valence-corrected chi connectivity index (χ2v) is 1.53. The van der Waals surface area contributed by atoms with Crippen LogP contribution in [0.15, 0.2) is 0 Å². The van der Waals surface area contributed by atoms with Gasteiger partial charge in [-0.2, -0.15) is 13.2 Å². The third-order valence-electron chi connectivity index (χ3n) is 0.777. The number of amides is 1. The maximum absolute atomic E-state index is 11.4. The van der Waals surface area contributed by atoms with Gasteiger partial charge in [0, 0.05) is 0 Å². The summed E-state index contributed by atoms with van der Waals surface area (Å²) in [5, 5.41) is 0. The van der Waals surface area contributed by atoms with Crippen molar-refractivity contribution in [1.82, 2.24) is 5.43 Å². The SMILES string of the molecule is Cl.NNC(=O)C(N)C(F)(F)F. The van der Waals surface area contributed by atoms with Gasteiger partial charge in [-0.25, -0.2) is 5.84 Å². The van der Waals surface area contributed by atoms with Gasteiger partial charge in [-0.3, -0.25) is 10.2 Å². The molecule has 0 aliphatic carbocycles. The molecule has 0 radical (unpaired) electrons. The van der Waals surface area contributed by atoms with Gasteiger partial charge in [-0.1, -0.05) is 0 Å². The van der Waals surface area contributed by atoms with Crippen LogP contribution in [-0.4, -0.2) is 18.1 Å². The van der Waals surface area contributed by atoms with Gasteiger partial charge >= 0.3 is 6.18 Å². The van der Waals surface area contributed by atoms with Crippen molar-refractivity contribution in [3.8, 4) is 0 Å². The van der Waals surface area contributed by atoms with Crippen molar-refractivity contribution >= 4 is 18.3 Å². The first-order valence-electron chi connectivity index (χ1n) is 2.22. The van der Waals surface area contributed by atoms with Crippen LogP contribution < -0.4 is 17.0 Å². The van der Waals surface area contributed by atoms with Crippen molar-refractivity contribution in [1.29, 1.82) is 0 Å². The van der Waals surface area contributed by atoms with E-state index < -0.39 is 18.1 Å². The third-order valence-corrected chi connectivity index (χ3v) is 0.777. The van der Waals surface area contributed by atoms with E-state index in [0.29, 0.717) is 0 Å². The topological polar surface area (TPSA) is 81.1 Å². The molecule has 11 heavy (non-hydrogen) atoms. The molecule has 0 saturated carbocycles. The molecule has 0 aromatic heterocycles. The van der Waals surface area contributed by atoms with E-state index >= 15 is 0 Å². The molecule has 0 saturated heterocycles. The zero-order valence-corrected chi connectivity index (χ0v) is 6.00. The summed E-state index contributed by atoms with van der Waals surface area (Å²) in [4.78, 5) is 10.1. The van der Waals surface area contributed by atoms with E-state index in [-0.39, 0.29) is 12.4 Å². The Morgan fingerprint density at radius 1 is 1.45 bits per heavy atom. The van der Waals surface area contributed by atoms with Crippen molar-refractivity contribution < 1.29 is 18.0 Å². The molecule has 8 heteroatoms. The van der Waals surface area contributed by atoms with E-state index in [0.717, 1.165) is 0 Å². The van der Waals surface area contributed by atoms with E-state index in [1.165, 1.54) is 5.43 Å². The Kier molecular flexibility index (Phi) is 5.20. The standard InChI is InChI=1S/C3H6F3N3O.ClH/c4-3(5,6)1(7)2(10)9-8;/h1H,7-8H2,(H,9,10);1H. The quantitative estimate of drug-likeness (QED) is 0.292. The average molecular weight is 194 g/mol. The highest BCUT2D eigenvalue weighted by atomic mass is 35.5. The van der Waals surface area contributed by atoms with E-state index in [4.69, 9.17) is 0 Å². The number of hydrogen-bond acceptors (Lipinski definition) is 3. The van der Waals surface area contributed by atoms with Gasteiger partial charge < -0.3 is 5.73 Å². The molecule has 4 nitrogen and oxygen atoms in total. The van der Waals surface area contributed by atoms with Crippen LogP contribution in [0.3, 0.4) is 0 Å². The monoisotopic (exact) mass is 193 g/mol. The summed E-state index contributed by atoms with van der Waals surface area (Å²) < 4.78 is 34.3. The fraction of sp³-hybridized carbons (Fsp3) is 0.667. The van der Waals surface area contributed by atoms with Gasteiger partial charge in [-0.05, 0) is 0 Å². The predicted octanol–water partition coefficient (Wildman–Crippen LogP) is -0.712. The van der Waals surface area contributed by atoms with Crippen LogP contribution in [-0.2, 0) is 4.79 Å². The van der Waals surface area contributed by atoms with Crippen LogP contribution in [0, 0.1) is 0 Å². The lowest BCUT2D eigenvalue weighted by atomic mass is 10.3. The third kappa shape index (κ3) is 4.02. The lowest BCUT2D eigenvalue weighted by Gasteiger charge is -2.12. The molecular weight excluding hydrogens is 186 g/mol. The molecule has 0 aromatic carbocycles. The lowest BCUT2D eigenvalue weighted by molar-refractivity contribution is -0.162. The van der Waals surface area contributed by atoms with Crippen LogP contribution >= 0.6 is 12.4 Å². The summed E-state index contributed by atoms with van der Waals surface area (Å²) in [6, 6.07) is -2.54. The molecule has 0 heterocycles. The number of carbonyl (C=O) groups excluding carboxylic acids is 1. The highest BCUT2D eigenvalue weighted by molar-refractivity contribution is 5.85. The summed E-state index contributed by atoms with van der Waals surface area (Å²) >= 11 is 0. The molecule has 0 rings (SSSR count). The maximum atomic E-state index is 11.4. The number of hydrazine groups is 1.